The second kappa shape index (κ2) is 3.09. The molecule has 1 heteroatoms. The molecule has 0 saturated carbocycles. The third-order valence-corrected chi connectivity index (χ3v) is 2.11. The molecule has 1 aromatic carbocycles. The lowest BCUT2D eigenvalue weighted by molar-refractivity contribution is 0.566. The zero-order valence-corrected chi connectivity index (χ0v) is 7.99. The Morgan fingerprint density at radius 1 is 1.08 bits per heavy atom. The van der Waals surface area contributed by atoms with Crippen LogP contribution in [0.25, 0.3) is 11.6 Å². The van der Waals surface area contributed by atoms with Crippen LogP contribution in [0.3, 0.4) is 0 Å². The molecule has 0 heterocycles. The van der Waals surface area contributed by atoms with Gasteiger partial charge >= 0.3 is 0 Å². The van der Waals surface area contributed by atoms with Gasteiger partial charge in [-0.1, -0.05) is 36.4 Å². The minimum atomic E-state index is 1.29. The van der Waals surface area contributed by atoms with Gasteiger partial charge in [0.25, 0.3) is 0 Å². The molecule has 1 aromatic rings. The number of allylic oxidation sites excluding steroid dienone is 2. The molecule has 1 aliphatic carbocycles. The lowest BCUT2D eigenvalue weighted by Crippen LogP contribution is -2.01. The summed E-state index contributed by atoms with van der Waals surface area (Å²) in [6, 6.07) is 8.45. The Hall–Kier alpha value is -1.50. The Kier molecular flexibility index (Phi) is 1.93. The fraction of sp³-hybridized carbons (Fsp3) is 0.167. The topological polar surface area (TPSA) is 3.24 Å². The van der Waals surface area contributed by atoms with E-state index in [9.17, 15) is 0 Å². The first kappa shape index (κ1) is 8.11. The van der Waals surface area contributed by atoms with Crippen LogP contribution in [0.15, 0.2) is 36.5 Å². The van der Waals surface area contributed by atoms with Gasteiger partial charge in [0, 0.05) is 20.3 Å². The van der Waals surface area contributed by atoms with E-state index in [4.69, 9.17) is 0 Å². The van der Waals surface area contributed by atoms with E-state index in [0.29, 0.717) is 0 Å². The Morgan fingerprint density at radius 2 is 1.85 bits per heavy atom. The molecule has 0 fully saturated rings. The van der Waals surface area contributed by atoms with Crippen LogP contribution in [-0.4, -0.2) is 19.0 Å². The highest BCUT2D eigenvalue weighted by molar-refractivity contribution is 5.89. The summed E-state index contributed by atoms with van der Waals surface area (Å²) in [4.78, 5) is 2.07. The van der Waals surface area contributed by atoms with Gasteiger partial charge < -0.3 is 4.90 Å². The molecule has 0 saturated heterocycles. The van der Waals surface area contributed by atoms with Crippen molar-refractivity contribution < 1.29 is 0 Å². The zero-order valence-electron chi connectivity index (χ0n) is 7.99. The average Bonchev–Trinajstić information content (AvgIpc) is 2.48. The van der Waals surface area contributed by atoms with E-state index in [-0.39, 0.29) is 0 Å². The van der Waals surface area contributed by atoms with Gasteiger partial charge in [0.15, 0.2) is 0 Å². The van der Waals surface area contributed by atoms with Crippen molar-refractivity contribution in [1.82, 2.24) is 4.90 Å². The van der Waals surface area contributed by atoms with Gasteiger partial charge in [-0.05, 0) is 16.7 Å². The number of hydrogen-bond acceptors (Lipinski definition) is 1. The second-order valence-electron chi connectivity index (χ2n) is 3.47. The molecular formula is C12H13N. The maximum absolute atomic E-state index is 2.16. The van der Waals surface area contributed by atoms with Crippen LogP contribution in [-0.2, 0) is 0 Å². The summed E-state index contributed by atoms with van der Waals surface area (Å²) < 4.78 is 0. The van der Waals surface area contributed by atoms with Crippen LogP contribution in [0, 0.1) is 0 Å². The van der Waals surface area contributed by atoms with Crippen LogP contribution in [0.5, 0.6) is 0 Å². The monoisotopic (exact) mass is 171 g/mol. The Morgan fingerprint density at radius 3 is 2.62 bits per heavy atom. The standard InChI is InChI=1S/C12H13N/c1-13(2)9-11-8-7-10-5-3-4-6-12(10)11/h3-9H,1-2H3. The summed E-state index contributed by atoms with van der Waals surface area (Å²) in [5.74, 6) is 0. The normalized spacial score (nSPS) is 16.3. The molecule has 0 N–H and O–H groups in total. The molecule has 0 atom stereocenters. The first-order valence-electron chi connectivity index (χ1n) is 4.43. The first-order chi connectivity index (χ1) is 6.27. The Balaban J connectivity index is 2.44. The fourth-order valence-electron chi connectivity index (χ4n) is 1.57. The van der Waals surface area contributed by atoms with E-state index in [2.05, 4.69) is 47.5 Å². The third kappa shape index (κ3) is 1.50. The molecule has 0 aliphatic heterocycles. The molecule has 0 aromatic heterocycles. The van der Waals surface area contributed by atoms with E-state index < -0.39 is 0 Å². The van der Waals surface area contributed by atoms with Crippen LogP contribution in [0.2, 0.25) is 0 Å². The Labute approximate surface area is 79.0 Å². The van der Waals surface area contributed by atoms with Crippen LogP contribution in [0.4, 0.5) is 0 Å². The molecule has 0 unspecified atom stereocenters. The second-order valence-corrected chi connectivity index (χ2v) is 3.47. The van der Waals surface area contributed by atoms with Crippen molar-refractivity contribution in [3.8, 4) is 0 Å². The zero-order chi connectivity index (χ0) is 9.26. The first-order valence-corrected chi connectivity index (χ1v) is 4.43. The van der Waals surface area contributed by atoms with Crippen molar-refractivity contribution in [2.75, 3.05) is 14.1 Å². The molecule has 1 aliphatic rings. The number of nitrogens with zero attached hydrogens (tertiary/aromatic N) is 1. The highest BCUT2D eigenvalue weighted by Crippen LogP contribution is 2.28. The number of benzene rings is 1. The van der Waals surface area contributed by atoms with Crippen molar-refractivity contribution in [3.63, 3.8) is 0 Å². The largest absolute Gasteiger partial charge is 0.383 e. The van der Waals surface area contributed by atoms with E-state index in [1.165, 1.54) is 16.7 Å². The highest BCUT2D eigenvalue weighted by atomic mass is 15.0. The average molecular weight is 171 g/mol. The summed E-state index contributed by atoms with van der Waals surface area (Å²) in [5.41, 5.74) is 3.94. The molecule has 13 heavy (non-hydrogen) atoms. The van der Waals surface area contributed by atoms with Crippen LogP contribution in [0.1, 0.15) is 11.1 Å². The summed E-state index contributed by atoms with van der Waals surface area (Å²) in [7, 11) is 4.09. The van der Waals surface area contributed by atoms with Gasteiger partial charge in [0.05, 0.1) is 0 Å². The maximum atomic E-state index is 2.16. The van der Waals surface area contributed by atoms with E-state index in [0.717, 1.165) is 0 Å². The van der Waals surface area contributed by atoms with Gasteiger partial charge in [-0.25, -0.2) is 0 Å². The van der Waals surface area contributed by atoms with Gasteiger partial charge in [0.1, 0.15) is 0 Å². The molecule has 0 spiro atoms. The Bertz CT molecular complexity index is 372. The van der Waals surface area contributed by atoms with Gasteiger partial charge in [-0.3, -0.25) is 0 Å². The molecule has 0 bridgehead atoms. The molecular weight excluding hydrogens is 158 g/mol. The summed E-state index contributed by atoms with van der Waals surface area (Å²) in [6.07, 6.45) is 6.46. The summed E-state index contributed by atoms with van der Waals surface area (Å²) >= 11 is 0. The van der Waals surface area contributed by atoms with Gasteiger partial charge in [-0.2, -0.15) is 0 Å². The predicted molar refractivity (Wildman–Crippen MR) is 57.1 cm³/mol. The number of rotatable bonds is 1. The molecule has 66 valence electrons. The number of hydrogen-bond donors (Lipinski definition) is 0. The lowest BCUT2D eigenvalue weighted by Gasteiger charge is -2.07. The van der Waals surface area contributed by atoms with Crippen molar-refractivity contribution >= 4 is 11.6 Å². The summed E-state index contributed by atoms with van der Waals surface area (Å²) in [5, 5.41) is 0. The molecule has 0 amide bonds. The minimum Gasteiger partial charge on any atom is -0.383 e. The van der Waals surface area contributed by atoms with E-state index in [1.54, 1.807) is 0 Å². The molecule has 0 radical (unpaired) electrons. The quantitative estimate of drug-likeness (QED) is 0.627. The van der Waals surface area contributed by atoms with Crippen LogP contribution >= 0.6 is 0 Å². The maximum Gasteiger partial charge on any atom is 0.00649 e. The minimum absolute atomic E-state index is 1.29. The molecule has 1 nitrogen and oxygen atoms in total. The van der Waals surface area contributed by atoms with Gasteiger partial charge in [0.2, 0.25) is 0 Å². The summed E-state index contributed by atoms with van der Waals surface area (Å²) in [6.45, 7) is 0. The van der Waals surface area contributed by atoms with Crippen molar-refractivity contribution in [2.45, 2.75) is 0 Å². The van der Waals surface area contributed by atoms with Gasteiger partial charge in [-0.15, -0.1) is 0 Å². The van der Waals surface area contributed by atoms with E-state index in [1.807, 2.05) is 14.1 Å². The third-order valence-electron chi connectivity index (χ3n) is 2.11. The highest BCUT2D eigenvalue weighted by Gasteiger charge is 2.08. The smallest absolute Gasteiger partial charge is 0.00649 e. The van der Waals surface area contributed by atoms with Crippen molar-refractivity contribution in [3.05, 3.63) is 47.7 Å². The molecule has 2 rings (SSSR count). The van der Waals surface area contributed by atoms with Crippen molar-refractivity contribution in [2.24, 2.45) is 0 Å². The SMILES string of the molecule is CN(C)C=C1C=Cc2ccccc21. The van der Waals surface area contributed by atoms with Crippen LogP contribution < -0.4 is 0 Å². The van der Waals surface area contributed by atoms with E-state index >= 15 is 0 Å². The fourth-order valence-corrected chi connectivity index (χ4v) is 1.57. The number of fused-ring (bicyclic) bond motifs is 1. The van der Waals surface area contributed by atoms with Crippen molar-refractivity contribution in [1.29, 1.82) is 0 Å². The lowest BCUT2D eigenvalue weighted by atomic mass is 10.1. The predicted octanol–water partition coefficient (Wildman–Crippen LogP) is 2.62.